The zero-order valence-corrected chi connectivity index (χ0v) is 27.6. The van der Waals surface area contributed by atoms with Gasteiger partial charge in [0.1, 0.15) is 10.8 Å². The van der Waals surface area contributed by atoms with E-state index >= 15 is 0 Å². The summed E-state index contributed by atoms with van der Waals surface area (Å²) in [5, 5.41) is 32.9. The molecule has 0 aliphatic heterocycles. The number of nitrogens with zero attached hydrogens (tertiary/aromatic N) is 4. The van der Waals surface area contributed by atoms with Crippen LogP contribution in [0, 0.1) is 0 Å². The Hall–Kier alpha value is -5.74. The molecule has 51 heavy (non-hydrogen) atoms. The zero-order chi connectivity index (χ0) is 36.2. The molecule has 3 N–H and O–H groups in total. The molecule has 0 fully saturated rings. The highest BCUT2D eigenvalue weighted by Crippen LogP contribution is 2.26. The quantitative estimate of drug-likeness (QED) is 0.0872. The topological polar surface area (TPSA) is 166 Å². The molecule has 264 valence electrons. The molecule has 0 aliphatic carbocycles. The van der Waals surface area contributed by atoms with Crippen molar-refractivity contribution in [3.63, 3.8) is 0 Å². The van der Waals surface area contributed by atoms with Crippen molar-refractivity contribution in [2.45, 2.75) is 50.7 Å². The number of benzene rings is 3. The van der Waals surface area contributed by atoms with Crippen LogP contribution in [0.1, 0.15) is 52.4 Å². The van der Waals surface area contributed by atoms with E-state index in [1.54, 1.807) is 72.8 Å². The monoisotopic (exact) mass is 720 g/mol. The Bertz CT molecular complexity index is 1910. The van der Waals surface area contributed by atoms with E-state index < -0.39 is 42.1 Å². The van der Waals surface area contributed by atoms with E-state index in [1.807, 2.05) is 0 Å². The van der Waals surface area contributed by atoms with Crippen molar-refractivity contribution in [1.29, 1.82) is 0 Å². The number of anilines is 2. The number of halogens is 3. The van der Waals surface area contributed by atoms with Crippen LogP contribution in [0.4, 0.5) is 24.1 Å². The number of aromatic nitrogens is 4. The summed E-state index contributed by atoms with van der Waals surface area (Å²) in [5.41, 5.74) is 1.77. The molecule has 0 saturated heterocycles. The maximum atomic E-state index is 13.2. The molecule has 3 aromatic carbocycles. The highest BCUT2D eigenvalue weighted by molar-refractivity contribution is 7.15. The molecule has 5 rings (SSSR count). The second-order valence-electron chi connectivity index (χ2n) is 11.1. The summed E-state index contributed by atoms with van der Waals surface area (Å²) in [7, 11) is 0. The lowest BCUT2D eigenvalue weighted by molar-refractivity contribution is -0.274. The minimum atomic E-state index is -4.83. The van der Waals surface area contributed by atoms with Crippen LogP contribution in [0.2, 0.25) is 0 Å². The van der Waals surface area contributed by atoms with Crippen LogP contribution in [-0.4, -0.2) is 49.6 Å². The molecule has 5 aromatic rings. The Morgan fingerprint density at radius 2 is 1.49 bits per heavy atom. The van der Waals surface area contributed by atoms with Crippen molar-refractivity contribution in [2.24, 2.45) is 0 Å². The molecule has 2 unspecified atom stereocenters. The normalized spacial score (nSPS) is 12.4. The number of carbonyl (C=O) groups is 3. The Morgan fingerprint density at radius 1 is 0.784 bits per heavy atom. The number of hydrogen-bond donors (Lipinski definition) is 3. The molecule has 16 heteroatoms. The maximum absolute atomic E-state index is 13.2. The molecule has 0 radical (unpaired) electrons. The van der Waals surface area contributed by atoms with Gasteiger partial charge in [-0.3, -0.25) is 14.9 Å². The minimum absolute atomic E-state index is 0.185. The van der Waals surface area contributed by atoms with E-state index in [-0.39, 0.29) is 17.4 Å². The number of esters is 1. The lowest BCUT2D eigenvalue weighted by atomic mass is 10.1. The van der Waals surface area contributed by atoms with Crippen molar-refractivity contribution >= 4 is 40.1 Å². The van der Waals surface area contributed by atoms with Gasteiger partial charge in [-0.1, -0.05) is 84.1 Å². The second kappa shape index (κ2) is 17.3. The average molecular weight is 721 g/mol. The fraction of sp³-hybridized carbons (Fsp3) is 0.229. The smallest absolute Gasteiger partial charge is 0.445 e. The molecule has 2 atom stereocenters. The van der Waals surface area contributed by atoms with Gasteiger partial charge in [0.15, 0.2) is 11.9 Å². The number of rotatable bonds is 15. The Balaban J connectivity index is 1.07. The molecule has 0 bridgehead atoms. The van der Waals surface area contributed by atoms with Gasteiger partial charge in [-0.05, 0) is 54.7 Å². The van der Waals surface area contributed by atoms with Gasteiger partial charge < -0.3 is 19.9 Å². The first kappa shape index (κ1) is 36.5. The van der Waals surface area contributed by atoms with Crippen LogP contribution in [-0.2, 0) is 38.4 Å². The summed E-state index contributed by atoms with van der Waals surface area (Å²) in [6.07, 6.45) is -5.31. The van der Waals surface area contributed by atoms with Crippen molar-refractivity contribution in [3.8, 4) is 5.75 Å². The van der Waals surface area contributed by atoms with Gasteiger partial charge in [0.2, 0.25) is 17.1 Å². The van der Waals surface area contributed by atoms with E-state index in [9.17, 15) is 32.7 Å². The van der Waals surface area contributed by atoms with Gasteiger partial charge in [0.05, 0.1) is 12.1 Å². The molecular formula is C35H31F3N6O6S. The highest BCUT2D eigenvalue weighted by atomic mass is 32.1. The van der Waals surface area contributed by atoms with Crippen molar-refractivity contribution in [2.75, 3.05) is 10.6 Å². The molecule has 2 heterocycles. The molecule has 2 aromatic heterocycles. The summed E-state index contributed by atoms with van der Waals surface area (Å²) in [5.74, 6) is -2.32. The van der Waals surface area contributed by atoms with Gasteiger partial charge in [-0.25, -0.2) is 4.79 Å². The molecule has 12 nitrogen and oxygen atoms in total. The number of carbonyl (C=O) groups excluding carboxylic acids is 3. The van der Waals surface area contributed by atoms with Crippen molar-refractivity contribution < 1.29 is 42.1 Å². The Labute approximate surface area is 293 Å². The van der Waals surface area contributed by atoms with Crippen LogP contribution in [0.5, 0.6) is 5.75 Å². The summed E-state index contributed by atoms with van der Waals surface area (Å²) >= 11 is 1.18. The van der Waals surface area contributed by atoms with E-state index in [4.69, 9.17) is 4.74 Å². The zero-order valence-electron chi connectivity index (χ0n) is 26.7. The first-order chi connectivity index (χ1) is 24.5. The highest BCUT2D eigenvalue weighted by Gasteiger charge is 2.31. The molecule has 0 spiro atoms. The van der Waals surface area contributed by atoms with Crippen LogP contribution in [0.3, 0.4) is 0 Å². The third kappa shape index (κ3) is 11.4. The third-order valence-electron chi connectivity index (χ3n) is 7.17. The molecule has 0 aliphatic rings. The standard InChI is InChI=1S/C35H31F3N6O6S/c36-35(37,38)50-26-16-9-10-22(20-26)21-28(45)39-27-19-18-25(41-42-27)15-7-8-17-29-43-44-34(51-29)40-32(47)31(24-13-5-2-6-14-24)49-33(48)30(46)23-11-3-1-4-12-23/h1-6,9-14,16,18-20,30-31,46H,7-8,15,17,21H2,(H,39,42,45)(H,40,44,47). The SMILES string of the molecule is O=C(Cc1cccc(OC(F)(F)F)c1)Nc1ccc(CCCCc2nnc(NC(=O)C(OC(=O)C(O)c3ccccc3)c3ccccc3)s2)nn1. The van der Waals surface area contributed by atoms with Gasteiger partial charge in [0.25, 0.3) is 5.91 Å². The minimum Gasteiger partial charge on any atom is -0.445 e. The van der Waals surface area contributed by atoms with Gasteiger partial charge in [-0.2, -0.15) is 5.10 Å². The number of aliphatic hydroxyl groups is 1. The van der Waals surface area contributed by atoms with Crippen LogP contribution >= 0.6 is 11.3 Å². The number of alkyl halides is 3. The number of aryl methyl sites for hydroxylation is 2. The Morgan fingerprint density at radius 3 is 2.18 bits per heavy atom. The summed E-state index contributed by atoms with van der Waals surface area (Å²) < 4.78 is 46.8. The van der Waals surface area contributed by atoms with E-state index in [2.05, 4.69) is 35.8 Å². The first-order valence-electron chi connectivity index (χ1n) is 15.6. The van der Waals surface area contributed by atoms with Crippen molar-refractivity contribution in [1.82, 2.24) is 20.4 Å². The number of nitrogens with one attached hydrogen (secondary N) is 2. The van der Waals surface area contributed by atoms with E-state index in [0.717, 1.165) is 25.0 Å². The van der Waals surface area contributed by atoms with Gasteiger partial charge in [-0.15, -0.1) is 28.5 Å². The number of aliphatic hydroxyl groups excluding tert-OH is 1. The van der Waals surface area contributed by atoms with E-state index in [1.165, 1.54) is 23.5 Å². The summed E-state index contributed by atoms with van der Waals surface area (Å²) in [4.78, 5) is 38.4. The summed E-state index contributed by atoms with van der Waals surface area (Å²) in [6.45, 7) is 0. The van der Waals surface area contributed by atoms with Crippen LogP contribution in [0.25, 0.3) is 0 Å². The van der Waals surface area contributed by atoms with Gasteiger partial charge in [0, 0.05) is 12.0 Å². The lowest BCUT2D eigenvalue weighted by Crippen LogP contribution is -2.28. The third-order valence-corrected chi connectivity index (χ3v) is 8.07. The van der Waals surface area contributed by atoms with E-state index in [0.29, 0.717) is 40.2 Å². The fourth-order valence-electron chi connectivity index (χ4n) is 4.80. The first-order valence-corrected chi connectivity index (χ1v) is 16.4. The number of hydrogen-bond acceptors (Lipinski definition) is 11. The predicted molar refractivity (Wildman–Crippen MR) is 179 cm³/mol. The molecule has 0 saturated carbocycles. The largest absolute Gasteiger partial charge is 0.573 e. The van der Waals surface area contributed by atoms with Crippen molar-refractivity contribution in [3.05, 3.63) is 124 Å². The number of unbranched alkanes of at least 4 members (excludes halogenated alkanes) is 1. The lowest BCUT2D eigenvalue weighted by Gasteiger charge is -2.19. The molecular weight excluding hydrogens is 689 g/mol. The van der Waals surface area contributed by atoms with Crippen LogP contribution in [0.15, 0.2) is 97.1 Å². The fourth-order valence-corrected chi connectivity index (χ4v) is 5.58. The summed E-state index contributed by atoms with van der Waals surface area (Å²) in [6, 6.07) is 25.2. The number of ether oxygens (including phenoxy) is 2. The second-order valence-corrected chi connectivity index (χ2v) is 12.1. The predicted octanol–water partition coefficient (Wildman–Crippen LogP) is 5.93. The van der Waals surface area contributed by atoms with Crippen LogP contribution < -0.4 is 15.4 Å². The average Bonchev–Trinajstić information content (AvgIpc) is 3.56. The maximum Gasteiger partial charge on any atom is 0.573 e. The molecule has 2 amide bonds. The Kier molecular flexibility index (Phi) is 12.4. The number of amides is 2. The van der Waals surface area contributed by atoms with Gasteiger partial charge >= 0.3 is 12.3 Å².